The van der Waals surface area contributed by atoms with Crippen LogP contribution in [0.3, 0.4) is 0 Å². The Morgan fingerprint density at radius 3 is 2.71 bits per heavy atom. The van der Waals surface area contributed by atoms with Gasteiger partial charge in [0.05, 0.1) is 10.5 Å². The first-order valence-corrected chi connectivity index (χ1v) is 7.18. The lowest BCUT2D eigenvalue weighted by Gasteiger charge is -2.28. The summed E-state index contributed by atoms with van der Waals surface area (Å²) in [4.78, 5) is 12.9. The molecule has 5 nitrogen and oxygen atoms in total. The van der Waals surface area contributed by atoms with Gasteiger partial charge in [-0.2, -0.15) is 5.26 Å². The summed E-state index contributed by atoms with van der Waals surface area (Å²) in [6.45, 7) is 1.74. The van der Waals surface area contributed by atoms with Crippen LogP contribution < -0.4 is 0 Å². The number of rotatable bonds is 3. The van der Waals surface area contributed by atoms with E-state index in [-0.39, 0.29) is 5.69 Å². The smallest absolute Gasteiger partial charge is 0.270 e. The van der Waals surface area contributed by atoms with E-state index in [1.165, 1.54) is 18.6 Å². The van der Waals surface area contributed by atoms with Crippen molar-refractivity contribution in [3.8, 4) is 6.07 Å². The lowest BCUT2D eigenvalue weighted by atomic mass is 10.1. The summed E-state index contributed by atoms with van der Waals surface area (Å²) in [6, 6.07) is 8.29. The SMILES string of the molecule is N#C/C(=C\c1cccc([N+](=O)[O-])c1)C(=S)N1CCCCC1. The highest BCUT2D eigenvalue weighted by Crippen LogP contribution is 2.18. The first-order valence-electron chi connectivity index (χ1n) is 6.77. The van der Waals surface area contributed by atoms with Gasteiger partial charge in [-0.05, 0) is 30.9 Å². The molecule has 0 atom stereocenters. The van der Waals surface area contributed by atoms with Crippen LogP contribution in [-0.4, -0.2) is 27.9 Å². The lowest BCUT2D eigenvalue weighted by molar-refractivity contribution is -0.384. The second kappa shape index (κ2) is 6.95. The molecule has 0 N–H and O–H groups in total. The highest BCUT2D eigenvalue weighted by molar-refractivity contribution is 7.80. The van der Waals surface area contributed by atoms with Crippen LogP contribution in [0.15, 0.2) is 29.8 Å². The molecular formula is C15H15N3O2S. The van der Waals surface area contributed by atoms with Gasteiger partial charge in [-0.3, -0.25) is 10.1 Å². The van der Waals surface area contributed by atoms with Crippen LogP contribution in [0.5, 0.6) is 0 Å². The number of piperidine rings is 1. The normalized spacial score (nSPS) is 15.4. The molecule has 0 bridgehead atoms. The summed E-state index contributed by atoms with van der Waals surface area (Å²) in [5.74, 6) is 0. The van der Waals surface area contributed by atoms with E-state index in [2.05, 4.69) is 6.07 Å². The van der Waals surface area contributed by atoms with Crippen molar-refractivity contribution in [3.05, 3.63) is 45.5 Å². The number of nitriles is 1. The molecule has 0 unspecified atom stereocenters. The average Bonchev–Trinajstić information content (AvgIpc) is 2.53. The third-order valence-corrected chi connectivity index (χ3v) is 3.86. The Kier molecular flexibility index (Phi) is 5.01. The van der Waals surface area contributed by atoms with E-state index in [0.29, 0.717) is 16.1 Å². The Hall–Kier alpha value is -2.26. The van der Waals surface area contributed by atoms with E-state index < -0.39 is 4.92 Å². The summed E-state index contributed by atoms with van der Waals surface area (Å²) < 4.78 is 0. The van der Waals surface area contributed by atoms with Crippen molar-refractivity contribution in [2.24, 2.45) is 0 Å². The molecule has 0 aromatic heterocycles. The van der Waals surface area contributed by atoms with Crippen LogP contribution in [0.2, 0.25) is 0 Å². The van der Waals surface area contributed by atoms with Gasteiger partial charge in [-0.1, -0.05) is 24.4 Å². The maximum atomic E-state index is 10.8. The fourth-order valence-electron chi connectivity index (χ4n) is 2.30. The second-order valence-corrected chi connectivity index (χ2v) is 5.26. The lowest BCUT2D eigenvalue weighted by Crippen LogP contribution is -2.35. The molecule has 1 heterocycles. The Morgan fingerprint density at radius 2 is 2.10 bits per heavy atom. The predicted octanol–water partition coefficient (Wildman–Crippen LogP) is 3.32. The van der Waals surface area contributed by atoms with Crippen LogP contribution >= 0.6 is 12.2 Å². The van der Waals surface area contributed by atoms with E-state index in [4.69, 9.17) is 12.2 Å². The Balaban J connectivity index is 2.24. The van der Waals surface area contributed by atoms with Crippen LogP contribution in [0.25, 0.3) is 6.08 Å². The highest BCUT2D eigenvalue weighted by atomic mass is 32.1. The molecule has 2 rings (SSSR count). The molecule has 1 fully saturated rings. The Labute approximate surface area is 128 Å². The number of nitro benzene ring substituents is 1. The van der Waals surface area contributed by atoms with E-state index in [1.807, 2.05) is 4.90 Å². The van der Waals surface area contributed by atoms with Crippen molar-refractivity contribution in [3.63, 3.8) is 0 Å². The Morgan fingerprint density at radius 1 is 1.38 bits per heavy atom. The Bertz CT molecular complexity index is 628. The van der Waals surface area contributed by atoms with E-state index in [0.717, 1.165) is 25.9 Å². The number of hydrogen-bond acceptors (Lipinski definition) is 4. The quantitative estimate of drug-likeness (QED) is 0.281. The van der Waals surface area contributed by atoms with Crippen molar-refractivity contribution >= 4 is 29.0 Å². The number of thiocarbonyl (C=S) groups is 1. The average molecular weight is 301 g/mol. The minimum Gasteiger partial charge on any atom is -0.362 e. The van der Waals surface area contributed by atoms with Gasteiger partial charge >= 0.3 is 0 Å². The third kappa shape index (κ3) is 3.86. The number of benzene rings is 1. The summed E-state index contributed by atoms with van der Waals surface area (Å²) in [5, 5.41) is 20.1. The van der Waals surface area contributed by atoms with Crippen molar-refractivity contribution in [2.75, 3.05) is 13.1 Å². The van der Waals surface area contributed by atoms with Gasteiger partial charge in [0.2, 0.25) is 0 Å². The number of non-ortho nitro benzene ring substituents is 1. The molecular weight excluding hydrogens is 286 g/mol. The van der Waals surface area contributed by atoms with E-state index in [1.54, 1.807) is 18.2 Å². The van der Waals surface area contributed by atoms with Gasteiger partial charge in [0.15, 0.2) is 0 Å². The molecule has 0 saturated carbocycles. The molecule has 0 spiro atoms. The molecule has 0 amide bonds. The maximum absolute atomic E-state index is 10.8. The topological polar surface area (TPSA) is 70.2 Å². The zero-order valence-corrected chi connectivity index (χ0v) is 12.3. The van der Waals surface area contributed by atoms with Gasteiger partial charge < -0.3 is 4.90 Å². The standard InChI is InChI=1S/C15H15N3O2S/c16-11-13(15(21)17-7-2-1-3-8-17)9-12-5-4-6-14(10-12)18(19)20/h4-6,9-10H,1-3,7-8H2/b13-9+. The minimum atomic E-state index is -0.452. The minimum absolute atomic E-state index is 0.00457. The highest BCUT2D eigenvalue weighted by Gasteiger charge is 2.17. The first-order chi connectivity index (χ1) is 10.1. The van der Waals surface area contributed by atoms with E-state index in [9.17, 15) is 15.4 Å². The van der Waals surface area contributed by atoms with Gasteiger partial charge in [-0.15, -0.1) is 0 Å². The molecule has 1 aliphatic rings. The number of hydrogen-bond donors (Lipinski definition) is 0. The predicted molar refractivity (Wildman–Crippen MR) is 84.7 cm³/mol. The van der Waals surface area contributed by atoms with Crippen LogP contribution in [0, 0.1) is 21.4 Å². The van der Waals surface area contributed by atoms with Crippen molar-refractivity contribution in [2.45, 2.75) is 19.3 Å². The van der Waals surface area contributed by atoms with Crippen molar-refractivity contribution in [1.29, 1.82) is 5.26 Å². The molecule has 6 heteroatoms. The second-order valence-electron chi connectivity index (χ2n) is 4.87. The third-order valence-electron chi connectivity index (χ3n) is 3.39. The summed E-state index contributed by atoms with van der Waals surface area (Å²) in [6.07, 6.45) is 4.96. The maximum Gasteiger partial charge on any atom is 0.270 e. The summed E-state index contributed by atoms with van der Waals surface area (Å²) >= 11 is 5.38. The number of nitrogens with zero attached hydrogens (tertiary/aromatic N) is 3. The van der Waals surface area contributed by atoms with Crippen LogP contribution in [0.4, 0.5) is 5.69 Å². The fourth-order valence-corrected chi connectivity index (χ4v) is 2.59. The van der Waals surface area contributed by atoms with Crippen molar-refractivity contribution in [1.82, 2.24) is 4.90 Å². The van der Waals surface area contributed by atoms with Crippen LogP contribution in [0.1, 0.15) is 24.8 Å². The monoisotopic (exact) mass is 301 g/mol. The van der Waals surface area contributed by atoms with Gasteiger partial charge in [0, 0.05) is 25.2 Å². The van der Waals surface area contributed by atoms with Crippen LogP contribution in [-0.2, 0) is 0 Å². The number of nitro groups is 1. The molecule has 108 valence electrons. The van der Waals surface area contributed by atoms with Gasteiger partial charge in [-0.25, -0.2) is 0 Å². The van der Waals surface area contributed by atoms with Gasteiger partial charge in [0.25, 0.3) is 5.69 Å². The molecule has 1 aromatic carbocycles. The van der Waals surface area contributed by atoms with Gasteiger partial charge in [0.1, 0.15) is 11.1 Å². The molecule has 1 aliphatic heterocycles. The molecule has 0 aliphatic carbocycles. The molecule has 0 radical (unpaired) electrons. The molecule has 21 heavy (non-hydrogen) atoms. The zero-order valence-electron chi connectivity index (χ0n) is 11.5. The van der Waals surface area contributed by atoms with E-state index >= 15 is 0 Å². The summed E-state index contributed by atoms with van der Waals surface area (Å²) in [7, 11) is 0. The first kappa shape index (κ1) is 15.1. The largest absolute Gasteiger partial charge is 0.362 e. The zero-order chi connectivity index (χ0) is 15.2. The molecule has 1 aromatic rings. The van der Waals surface area contributed by atoms with Crippen molar-refractivity contribution < 1.29 is 4.92 Å². The molecule has 1 saturated heterocycles. The fraction of sp³-hybridized carbons (Fsp3) is 0.333. The summed E-state index contributed by atoms with van der Waals surface area (Å²) in [5.41, 5.74) is 0.998. The number of likely N-dealkylation sites (tertiary alicyclic amines) is 1.